The van der Waals surface area contributed by atoms with Crippen molar-refractivity contribution in [3.8, 4) is 11.5 Å². The highest BCUT2D eigenvalue weighted by Gasteiger charge is 2.29. The van der Waals surface area contributed by atoms with Crippen molar-refractivity contribution in [2.24, 2.45) is 23.5 Å². The van der Waals surface area contributed by atoms with Gasteiger partial charge in [-0.15, -0.1) is 12.4 Å². The van der Waals surface area contributed by atoms with Gasteiger partial charge in [-0.1, -0.05) is 26.8 Å². The summed E-state index contributed by atoms with van der Waals surface area (Å²) in [6.45, 7) is 12.5. The molecule has 0 radical (unpaired) electrons. The molecule has 41 heavy (non-hydrogen) atoms. The summed E-state index contributed by atoms with van der Waals surface area (Å²) in [5.41, 5.74) is 7.53. The van der Waals surface area contributed by atoms with E-state index >= 15 is 0 Å². The second-order valence-electron chi connectivity index (χ2n) is 12.1. The van der Waals surface area contributed by atoms with Gasteiger partial charge in [0.1, 0.15) is 0 Å². The lowest BCUT2D eigenvalue weighted by molar-refractivity contribution is -0.125. The number of aliphatic hydroxyl groups excluding tert-OH is 1. The van der Waals surface area contributed by atoms with E-state index < -0.39 is 32.6 Å². The minimum Gasteiger partial charge on any atom is -0.493 e. The maximum absolute atomic E-state index is 12.5. The first-order chi connectivity index (χ1) is 18.6. The van der Waals surface area contributed by atoms with Gasteiger partial charge in [-0.05, 0) is 76.0 Å². The molecule has 9 nitrogen and oxygen atoms in total. The number of carbonyl (C=O) groups excluding carboxylic acids is 1. The Morgan fingerprint density at radius 3 is 2.27 bits per heavy atom. The van der Waals surface area contributed by atoms with E-state index in [0.717, 1.165) is 18.4 Å². The second-order valence-corrected chi connectivity index (χ2v) is 14.9. The number of benzene rings is 1. The number of halogens is 1. The number of carbonyl (C=O) groups is 1. The molecule has 0 aromatic heterocycles. The summed E-state index contributed by atoms with van der Waals surface area (Å²) >= 11 is 0. The van der Waals surface area contributed by atoms with Gasteiger partial charge in [0.25, 0.3) is 0 Å². The summed E-state index contributed by atoms with van der Waals surface area (Å²) in [6, 6.07) is 5.45. The van der Waals surface area contributed by atoms with Crippen molar-refractivity contribution in [1.29, 1.82) is 0 Å². The van der Waals surface area contributed by atoms with E-state index in [9.17, 15) is 18.3 Å². The van der Waals surface area contributed by atoms with E-state index in [1.807, 2.05) is 18.2 Å². The van der Waals surface area contributed by atoms with Crippen molar-refractivity contribution < 1.29 is 32.5 Å². The van der Waals surface area contributed by atoms with Gasteiger partial charge in [0.15, 0.2) is 21.3 Å². The zero-order valence-corrected chi connectivity index (χ0v) is 27.9. The molecule has 0 saturated heterocycles. The van der Waals surface area contributed by atoms with Crippen LogP contribution in [-0.4, -0.2) is 76.1 Å². The molecule has 1 aromatic carbocycles. The predicted octanol–water partition coefficient (Wildman–Crippen LogP) is 4.17. The maximum atomic E-state index is 12.5. The average Bonchev–Trinajstić information content (AvgIpc) is 2.87. The van der Waals surface area contributed by atoms with Gasteiger partial charge in [-0.3, -0.25) is 4.79 Å². The predicted molar refractivity (Wildman–Crippen MR) is 168 cm³/mol. The molecule has 0 heterocycles. The highest BCUT2D eigenvalue weighted by molar-refractivity contribution is 7.92. The molecule has 0 fully saturated rings. The number of hydrogen-bond acceptors (Lipinski definition) is 8. The number of methoxy groups -OCH3 is 2. The average molecular weight is 623 g/mol. The van der Waals surface area contributed by atoms with Crippen LogP contribution in [0.25, 0.3) is 0 Å². The molecule has 4 N–H and O–H groups in total. The Balaban J connectivity index is 0.0000160. The SMILES string of the molecule is COCCCOc1cc(C[C@@H](C[C@H](N)[C@@H](O)C[C@@H](C)C(=O)NCCCS(=O)(=O)C(C)(C)C)C(C)C)ccc1OC.Cl. The van der Waals surface area contributed by atoms with E-state index in [0.29, 0.717) is 43.5 Å². The molecular weight excluding hydrogens is 568 g/mol. The van der Waals surface area contributed by atoms with Crippen LogP contribution in [-0.2, 0) is 25.8 Å². The molecule has 0 bridgehead atoms. The molecule has 0 aliphatic rings. The van der Waals surface area contributed by atoms with Gasteiger partial charge in [0.2, 0.25) is 5.91 Å². The Morgan fingerprint density at radius 1 is 1.05 bits per heavy atom. The summed E-state index contributed by atoms with van der Waals surface area (Å²) in [4.78, 5) is 12.5. The number of amides is 1. The van der Waals surface area contributed by atoms with E-state index in [4.69, 9.17) is 19.9 Å². The summed E-state index contributed by atoms with van der Waals surface area (Å²) in [5.74, 6) is 1.28. The van der Waals surface area contributed by atoms with Gasteiger partial charge in [0, 0.05) is 38.6 Å². The summed E-state index contributed by atoms with van der Waals surface area (Å²) in [5, 5.41) is 13.6. The van der Waals surface area contributed by atoms with Crippen LogP contribution in [0.2, 0.25) is 0 Å². The minimum atomic E-state index is -3.23. The van der Waals surface area contributed by atoms with Crippen LogP contribution in [0.15, 0.2) is 18.2 Å². The van der Waals surface area contributed by atoms with Gasteiger partial charge < -0.3 is 30.4 Å². The van der Waals surface area contributed by atoms with Crippen LogP contribution in [0, 0.1) is 17.8 Å². The van der Waals surface area contributed by atoms with Crippen molar-refractivity contribution in [2.75, 3.05) is 39.7 Å². The van der Waals surface area contributed by atoms with Crippen LogP contribution >= 0.6 is 12.4 Å². The second kappa shape index (κ2) is 18.8. The molecule has 11 heteroatoms. The number of aliphatic hydroxyl groups is 1. The van der Waals surface area contributed by atoms with Crippen LogP contribution in [0.3, 0.4) is 0 Å². The van der Waals surface area contributed by atoms with Crippen LogP contribution < -0.4 is 20.5 Å². The first-order valence-corrected chi connectivity index (χ1v) is 16.0. The Kier molecular flexibility index (Phi) is 18.1. The molecule has 0 spiro atoms. The first-order valence-electron chi connectivity index (χ1n) is 14.3. The third kappa shape index (κ3) is 14.0. The van der Waals surface area contributed by atoms with E-state index in [1.54, 1.807) is 41.9 Å². The molecule has 4 atom stereocenters. The van der Waals surface area contributed by atoms with Crippen molar-refractivity contribution >= 4 is 28.2 Å². The van der Waals surface area contributed by atoms with Gasteiger partial charge >= 0.3 is 0 Å². The number of sulfone groups is 1. The third-order valence-electron chi connectivity index (χ3n) is 7.35. The van der Waals surface area contributed by atoms with E-state index in [2.05, 4.69) is 19.2 Å². The summed E-state index contributed by atoms with van der Waals surface area (Å²) < 4.78 is 40.1. The highest BCUT2D eigenvalue weighted by atomic mass is 35.5. The molecular formula is C30H55ClN2O7S. The topological polar surface area (TPSA) is 137 Å². The minimum absolute atomic E-state index is 0. The standard InChI is InChI=1S/C30H54N2O7S.ClH/c1-21(2)24(18-23-11-12-27(38-8)28(19-23)39-15-10-14-37-7)20-25(31)26(33)17-22(3)29(34)32-13-9-16-40(35,36)30(4,5)6;/h11-12,19,21-22,24-26,33H,9-10,13-18,20,31H2,1-8H3,(H,32,34);1H/t22-,24+,25+,26+;/m1./s1. The van der Waals surface area contributed by atoms with E-state index in [-0.39, 0.29) is 43.0 Å². The highest BCUT2D eigenvalue weighted by Crippen LogP contribution is 2.31. The molecule has 0 aliphatic heterocycles. The van der Waals surface area contributed by atoms with Gasteiger partial charge in [0.05, 0.1) is 30.3 Å². The fourth-order valence-corrected chi connectivity index (χ4v) is 5.48. The molecule has 0 saturated carbocycles. The first kappa shape index (κ1) is 39.4. The number of ether oxygens (including phenoxy) is 3. The monoisotopic (exact) mass is 622 g/mol. The lowest BCUT2D eigenvalue weighted by Gasteiger charge is -2.28. The van der Waals surface area contributed by atoms with Crippen molar-refractivity contribution in [3.63, 3.8) is 0 Å². The van der Waals surface area contributed by atoms with Crippen molar-refractivity contribution in [3.05, 3.63) is 23.8 Å². The third-order valence-corrected chi connectivity index (χ3v) is 10.0. The lowest BCUT2D eigenvalue weighted by Crippen LogP contribution is -2.41. The number of nitrogens with one attached hydrogen (secondary N) is 1. The Hall–Kier alpha value is -1.59. The van der Waals surface area contributed by atoms with Crippen LogP contribution in [0.4, 0.5) is 0 Å². The molecule has 0 unspecified atom stereocenters. The molecule has 0 aliphatic carbocycles. The van der Waals surface area contributed by atoms with Crippen molar-refractivity contribution in [1.82, 2.24) is 5.32 Å². The Bertz CT molecular complexity index is 999. The normalized spacial score (nSPS) is 15.0. The fourth-order valence-electron chi connectivity index (χ4n) is 4.35. The molecule has 1 rings (SSSR count). The molecule has 1 amide bonds. The largest absolute Gasteiger partial charge is 0.493 e. The zero-order chi connectivity index (χ0) is 30.5. The Morgan fingerprint density at radius 2 is 1.71 bits per heavy atom. The summed E-state index contributed by atoms with van der Waals surface area (Å²) in [6.07, 6.45) is 1.90. The zero-order valence-electron chi connectivity index (χ0n) is 26.3. The maximum Gasteiger partial charge on any atom is 0.222 e. The van der Waals surface area contributed by atoms with E-state index in [1.165, 1.54) is 0 Å². The smallest absolute Gasteiger partial charge is 0.222 e. The fraction of sp³-hybridized carbons (Fsp3) is 0.767. The Labute approximate surface area is 254 Å². The van der Waals surface area contributed by atoms with Crippen molar-refractivity contribution in [2.45, 2.75) is 90.5 Å². The van der Waals surface area contributed by atoms with Crippen LogP contribution in [0.5, 0.6) is 11.5 Å². The number of hydrogen-bond donors (Lipinski definition) is 3. The molecule has 1 aromatic rings. The van der Waals surface area contributed by atoms with Gasteiger partial charge in [-0.25, -0.2) is 8.42 Å². The number of rotatable bonds is 19. The molecule has 240 valence electrons. The van der Waals surface area contributed by atoms with Gasteiger partial charge in [-0.2, -0.15) is 0 Å². The lowest BCUT2D eigenvalue weighted by atomic mass is 9.82. The number of nitrogens with two attached hydrogens (primary N) is 1. The quantitative estimate of drug-likeness (QED) is 0.196. The summed E-state index contributed by atoms with van der Waals surface area (Å²) in [7, 11) is 0.0556. The van der Waals surface area contributed by atoms with Crippen LogP contribution in [0.1, 0.15) is 72.8 Å².